The van der Waals surface area contributed by atoms with Crippen LogP contribution in [0.3, 0.4) is 0 Å². The monoisotopic (exact) mass is 951 g/mol. The maximum Gasteiger partial charge on any atom is 0.148 e. The number of aryl methyl sites for hydroxylation is 2. The minimum Gasteiger partial charge on any atom is -0.513 e. The summed E-state index contributed by atoms with van der Waals surface area (Å²) in [5, 5.41) is 23.8. The Morgan fingerprint density at radius 2 is 1.48 bits per heavy atom. The van der Waals surface area contributed by atoms with E-state index in [2.05, 4.69) is 11.1 Å². The summed E-state index contributed by atoms with van der Waals surface area (Å²) in [6, 6.07) is 28.5. The molecule has 2 aromatic heterocycles. The molecule has 0 aliphatic rings. The van der Waals surface area contributed by atoms with E-state index < -0.39 is 77.0 Å². The van der Waals surface area contributed by atoms with Crippen LogP contribution in [-0.2, 0) is 26.5 Å². The van der Waals surface area contributed by atoms with Crippen molar-refractivity contribution in [2.45, 2.75) is 66.6 Å². The van der Waals surface area contributed by atoms with Crippen LogP contribution in [0, 0.1) is 26.8 Å². The molecule has 6 heteroatoms. The van der Waals surface area contributed by atoms with Crippen molar-refractivity contribution in [2.75, 3.05) is 0 Å². The Bertz CT molecular complexity index is 3290. The predicted molar refractivity (Wildman–Crippen MR) is 235 cm³/mol. The van der Waals surface area contributed by atoms with Gasteiger partial charge in [0.05, 0.1) is 24.8 Å². The van der Waals surface area contributed by atoms with Gasteiger partial charge in [-0.05, 0) is 95.7 Å². The van der Waals surface area contributed by atoms with Gasteiger partial charge < -0.3 is 10.2 Å². The summed E-state index contributed by atoms with van der Waals surface area (Å²) in [6.45, 7) is 10.5. The quantitative estimate of drug-likeness (QED) is 0.156. The van der Waals surface area contributed by atoms with Gasteiger partial charge in [0.1, 0.15) is 17.3 Å². The molecular formula is C52H48N3O2Pt-. The van der Waals surface area contributed by atoms with Crippen LogP contribution in [0.2, 0.25) is 0 Å². The van der Waals surface area contributed by atoms with E-state index in [1.807, 2.05) is 138 Å². The number of pyridine rings is 1. The van der Waals surface area contributed by atoms with Crippen LogP contribution in [-0.4, -0.2) is 24.7 Å². The molecule has 5 nitrogen and oxygen atoms in total. The van der Waals surface area contributed by atoms with Crippen molar-refractivity contribution in [3.05, 3.63) is 161 Å². The number of fused-ring (bicyclic) bond motifs is 1. The molecule has 8 aromatic rings. The van der Waals surface area contributed by atoms with Crippen molar-refractivity contribution < 1.29 is 45.0 Å². The van der Waals surface area contributed by atoms with Crippen molar-refractivity contribution >= 4 is 11.0 Å². The molecule has 0 saturated heterocycles. The van der Waals surface area contributed by atoms with E-state index in [-0.39, 0.29) is 38.1 Å². The molecule has 6 aromatic carbocycles. The first-order valence-corrected chi connectivity index (χ1v) is 18.7. The van der Waals surface area contributed by atoms with Gasteiger partial charge in [-0.15, -0.1) is 29.3 Å². The Balaban J connectivity index is 0.00000684. The van der Waals surface area contributed by atoms with Crippen LogP contribution < -0.4 is 0 Å². The minimum absolute atomic E-state index is 0. The third-order valence-corrected chi connectivity index (χ3v) is 10.2. The fourth-order valence-corrected chi connectivity index (χ4v) is 7.17. The molecule has 0 saturated carbocycles. The Labute approximate surface area is 370 Å². The number of hydrogen-bond donors (Lipinski definition) is 2. The number of nitrogens with zero attached hydrogens (tertiary/aromatic N) is 3. The first-order valence-electron chi connectivity index (χ1n) is 23.7. The Morgan fingerprint density at radius 1 is 0.741 bits per heavy atom. The number of phenolic OH excluding ortho intramolecular Hbond substituents is 1. The SMILES string of the molecule is [2H]c1nc(-c2[c-]c(-c3cccc4c3nc(-c3cc(C)cc(C)c3O)n4-c3cc(-c4ccccc4)cc(C([2H])(C)C)c3)cc(C(C)(C)C)c2)c(O)c(-c2c([2H])c([2H])c(C([2H])([2H])[2H])c([2H])c2[2H])c1[2H].[Pt]. The number of imidazole rings is 1. The number of phenols is 1. The van der Waals surface area contributed by atoms with Crippen molar-refractivity contribution in [1.82, 2.24) is 14.5 Å². The molecule has 2 N–H and O–H groups in total. The average molecular weight is 952 g/mol. The average Bonchev–Trinajstić information content (AvgIpc) is 3.65. The Kier molecular flexibility index (Phi) is 8.06. The first-order chi connectivity index (χ1) is 31.3. The Morgan fingerprint density at radius 3 is 2.19 bits per heavy atom. The summed E-state index contributed by atoms with van der Waals surface area (Å²) >= 11 is 0. The van der Waals surface area contributed by atoms with Gasteiger partial charge in [0.25, 0.3) is 0 Å². The van der Waals surface area contributed by atoms with E-state index >= 15 is 0 Å². The number of aromatic nitrogens is 3. The van der Waals surface area contributed by atoms with Gasteiger partial charge in [-0.2, -0.15) is 0 Å². The molecule has 294 valence electrons. The second kappa shape index (κ2) is 15.9. The molecule has 0 aliphatic heterocycles. The molecule has 0 bridgehead atoms. The van der Waals surface area contributed by atoms with Gasteiger partial charge in [-0.1, -0.05) is 130 Å². The van der Waals surface area contributed by atoms with Gasteiger partial charge in [0.15, 0.2) is 0 Å². The zero-order chi connectivity index (χ0) is 48.8. The predicted octanol–water partition coefficient (Wildman–Crippen LogP) is 13.3. The number of aromatic hydroxyl groups is 2. The summed E-state index contributed by atoms with van der Waals surface area (Å²) in [4.78, 5) is 9.65. The van der Waals surface area contributed by atoms with Crippen molar-refractivity contribution in [3.63, 3.8) is 0 Å². The summed E-state index contributed by atoms with van der Waals surface area (Å²) in [7, 11) is 0. The summed E-state index contributed by atoms with van der Waals surface area (Å²) in [5.74, 6) is -1.20. The topological polar surface area (TPSA) is 71.2 Å². The van der Waals surface area contributed by atoms with Gasteiger partial charge in [0, 0.05) is 49.7 Å². The van der Waals surface area contributed by atoms with Crippen LogP contribution in [0.5, 0.6) is 11.5 Å². The summed E-state index contributed by atoms with van der Waals surface area (Å²) in [6.07, 6.45) is -0.637. The summed E-state index contributed by atoms with van der Waals surface area (Å²) < 4.78 is 87.0. The second-order valence-electron chi connectivity index (χ2n) is 15.7. The molecule has 58 heavy (non-hydrogen) atoms. The van der Waals surface area contributed by atoms with Gasteiger partial charge in [0.2, 0.25) is 0 Å². The van der Waals surface area contributed by atoms with Crippen LogP contribution in [0.1, 0.15) is 82.0 Å². The maximum absolute atomic E-state index is 12.1. The molecule has 0 amide bonds. The van der Waals surface area contributed by atoms with Gasteiger partial charge in [-0.25, -0.2) is 4.98 Å². The molecule has 0 fully saturated rings. The molecule has 0 aliphatic carbocycles. The first kappa shape index (κ1) is 29.4. The zero-order valence-corrected chi connectivity index (χ0v) is 35.5. The van der Waals surface area contributed by atoms with Crippen LogP contribution in [0.4, 0.5) is 0 Å². The van der Waals surface area contributed by atoms with E-state index in [0.717, 1.165) is 27.8 Å². The normalized spacial score (nSPS) is 14.5. The van der Waals surface area contributed by atoms with E-state index in [0.29, 0.717) is 44.8 Å². The van der Waals surface area contributed by atoms with Gasteiger partial charge in [-0.3, -0.25) is 9.55 Å². The fraction of sp³-hybridized carbons (Fsp3) is 0.192. The van der Waals surface area contributed by atoms with Crippen LogP contribution in [0.25, 0.3) is 72.7 Å². The van der Waals surface area contributed by atoms with E-state index in [1.54, 1.807) is 6.07 Å². The maximum atomic E-state index is 12.1. The second-order valence-corrected chi connectivity index (χ2v) is 15.7. The molecule has 0 spiro atoms. The number of benzene rings is 6. The molecule has 8 rings (SSSR count). The van der Waals surface area contributed by atoms with E-state index in [1.165, 1.54) is 0 Å². The third kappa shape index (κ3) is 7.64. The Hall–Kier alpha value is -5.77. The number of para-hydroxylation sites is 1. The standard InChI is InChI=1S/C52H48N3O2.Pt/c1-31(2)37-25-38(35-13-10-9-11-14-35)30-42(29-37)55-46-16-12-15-43(48(46)54-51(55)45-24-33(4)23-34(5)49(45)56)39-26-40(28-41(27-39)52(6,7)8)47-50(57)44(21-22-53-47)36-19-17-32(3)18-20-36;/h9-25,27-31,56-57H,1-8H3;/q-1;/i3D3,17D,18D,19D,20D,21D,22D,31D;. The minimum atomic E-state index is -2.99. The van der Waals surface area contributed by atoms with Crippen molar-refractivity contribution in [2.24, 2.45) is 0 Å². The smallest absolute Gasteiger partial charge is 0.148 e. The molecule has 0 atom stereocenters. The number of rotatable bonds is 7. The van der Waals surface area contributed by atoms with Crippen LogP contribution in [0.15, 0.2) is 127 Å². The van der Waals surface area contributed by atoms with Crippen molar-refractivity contribution in [1.29, 1.82) is 0 Å². The molecular weight excluding hydrogens is 894 g/mol. The van der Waals surface area contributed by atoms with E-state index in [9.17, 15) is 10.2 Å². The van der Waals surface area contributed by atoms with Gasteiger partial charge >= 0.3 is 0 Å². The van der Waals surface area contributed by atoms with Crippen molar-refractivity contribution in [3.8, 4) is 73.2 Å². The summed E-state index contributed by atoms with van der Waals surface area (Å²) in [5.41, 5.74) is 6.03. The third-order valence-electron chi connectivity index (χ3n) is 10.2. The molecule has 0 radical (unpaired) electrons. The molecule has 2 heterocycles. The molecule has 0 unspecified atom stereocenters. The fourth-order valence-electron chi connectivity index (χ4n) is 7.17. The van der Waals surface area contributed by atoms with E-state index in [4.69, 9.17) is 18.7 Å². The number of hydrogen-bond acceptors (Lipinski definition) is 4. The zero-order valence-electron chi connectivity index (χ0n) is 43.2. The largest absolute Gasteiger partial charge is 0.513 e. The van der Waals surface area contributed by atoms with Crippen LogP contribution >= 0.6 is 0 Å².